The van der Waals surface area contributed by atoms with Crippen molar-refractivity contribution in [1.29, 1.82) is 0 Å². The van der Waals surface area contributed by atoms with Crippen molar-refractivity contribution in [3.05, 3.63) is 0 Å². The Morgan fingerprint density at radius 3 is 2.22 bits per heavy atom. The Balaban J connectivity index is 3.20. The molecule has 0 aromatic rings. The molecular formula is C3H6Cl4Si2. The molecule has 0 N–H and O–H groups in total. The molecule has 0 saturated heterocycles. The number of rotatable bonds is 3. The van der Waals surface area contributed by atoms with Crippen LogP contribution >= 0.6 is 44.3 Å². The average Bonchev–Trinajstić information content (AvgIpc) is 1.63. The lowest BCUT2D eigenvalue weighted by atomic mass is 10.6. The third-order valence-corrected chi connectivity index (χ3v) is 4.29. The Morgan fingerprint density at radius 2 is 1.89 bits per heavy atom. The van der Waals surface area contributed by atoms with Gasteiger partial charge in [0.25, 0.3) is 0 Å². The summed E-state index contributed by atoms with van der Waals surface area (Å²) in [7, 11) is -2.62. The fraction of sp³-hybridized carbons (Fsp3) is 0.667. The quantitative estimate of drug-likeness (QED) is 0.525. The Labute approximate surface area is 76.7 Å². The van der Waals surface area contributed by atoms with E-state index in [1.54, 1.807) is 0 Å². The van der Waals surface area contributed by atoms with E-state index in [2.05, 4.69) is 0 Å². The summed E-state index contributed by atoms with van der Waals surface area (Å²) < 4.78 is 0. The van der Waals surface area contributed by atoms with Crippen LogP contribution < -0.4 is 0 Å². The molecule has 0 aromatic carbocycles. The standard InChI is InChI=1S/C3H6Cl4Si2/c4-8(5)2-1-3-9(6)7/h2,9H,1,3H2. The first-order valence-corrected chi connectivity index (χ1v) is 10.3. The third-order valence-electron chi connectivity index (χ3n) is 0.684. The Hall–Kier alpha value is 1.46. The molecule has 0 aliphatic carbocycles. The minimum absolute atomic E-state index is 0.866. The van der Waals surface area contributed by atoms with Crippen molar-refractivity contribution in [1.82, 2.24) is 0 Å². The van der Waals surface area contributed by atoms with E-state index in [9.17, 15) is 0 Å². The Bertz CT molecular complexity index is 98.0. The van der Waals surface area contributed by atoms with E-state index in [-0.39, 0.29) is 0 Å². The fourth-order valence-electron chi connectivity index (χ4n) is 0.318. The van der Waals surface area contributed by atoms with Crippen LogP contribution in [0.2, 0.25) is 6.04 Å². The molecule has 0 radical (unpaired) electrons. The maximum Gasteiger partial charge on any atom is 0.237 e. The topological polar surface area (TPSA) is 0 Å². The van der Waals surface area contributed by atoms with Gasteiger partial charge in [-0.25, -0.2) is 0 Å². The minimum atomic E-state index is -1.42. The van der Waals surface area contributed by atoms with Crippen LogP contribution in [0.4, 0.5) is 0 Å². The molecule has 0 fully saturated rings. The molecule has 0 bridgehead atoms. The molecule has 0 rings (SSSR count). The van der Waals surface area contributed by atoms with Crippen molar-refractivity contribution in [2.45, 2.75) is 12.5 Å². The molecule has 0 saturated carbocycles. The average molecular weight is 240 g/mol. The van der Waals surface area contributed by atoms with Gasteiger partial charge in [-0.05, 0) is 12.5 Å². The molecule has 0 unspecified atom stereocenters. The van der Waals surface area contributed by atoms with Crippen LogP contribution in [-0.2, 0) is 0 Å². The summed E-state index contributed by atoms with van der Waals surface area (Å²) >= 11 is 22.1. The normalized spacial score (nSPS) is 9.89. The zero-order valence-corrected chi connectivity index (χ0v) is 9.76. The monoisotopic (exact) mass is 238 g/mol. The van der Waals surface area contributed by atoms with Gasteiger partial charge in [0.15, 0.2) is 0 Å². The van der Waals surface area contributed by atoms with Gasteiger partial charge in [0, 0.05) is 0 Å². The van der Waals surface area contributed by atoms with Gasteiger partial charge >= 0.3 is 0 Å². The summed E-state index contributed by atoms with van der Waals surface area (Å²) in [6, 6.07) is 0.872. The van der Waals surface area contributed by atoms with Crippen molar-refractivity contribution in [2.24, 2.45) is 0 Å². The van der Waals surface area contributed by atoms with Crippen LogP contribution in [0.5, 0.6) is 0 Å². The first-order valence-electron chi connectivity index (χ1n) is 2.42. The lowest BCUT2D eigenvalue weighted by Crippen LogP contribution is -1.94. The zero-order chi connectivity index (χ0) is 7.28. The highest BCUT2D eigenvalue weighted by Gasteiger charge is 1.98. The number of halogens is 4. The van der Waals surface area contributed by atoms with Crippen molar-refractivity contribution < 1.29 is 0 Å². The highest BCUT2D eigenvalue weighted by atomic mass is 35.7. The summed E-state index contributed by atoms with van der Waals surface area (Å²) in [4.78, 5) is 0. The van der Waals surface area contributed by atoms with Crippen molar-refractivity contribution in [3.8, 4) is 0 Å². The maximum atomic E-state index is 5.57. The SMILES string of the molecule is Cl[Si](Cl)=CCC[SiH](Cl)Cl. The van der Waals surface area contributed by atoms with E-state index in [1.165, 1.54) is 0 Å². The largest absolute Gasteiger partial charge is 0.237 e. The van der Waals surface area contributed by atoms with Crippen LogP contribution in [-0.4, -0.2) is 20.1 Å². The predicted octanol–water partition coefficient (Wildman–Crippen LogP) is 2.42. The Kier molecular flexibility index (Phi) is 7.20. The first-order chi connectivity index (χ1) is 4.13. The second-order valence-electron chi connectivity index (χ2n) is 1.46. The van der Waals surface area contributed by atoms with Gasteiger partial charge in [-0.1, -0.05) is 5.67 Å². The third kappa shape index (κ3) is 9.46. The second kappa shape index (κ2) is 6.19. The minimum Gasteiger partial charge on any atom is -0.150 e. The van der Waals surface area contributed by atoms with Crippen LogP contribution in [0.15, 0.2) is 0 Å². The summed E-state index contributed by atoms with van der Waals surface area (Å²) in [5.41, 5.74) is 1.89. The van der Waals surface area contributed by atoms with E-state index >= 15 is 0 Å². The molecule has 0 spiro atoms. The van der Waals surface area contributed by atoms with Gasteiger partial charge in [-0.2, -0.15) is 22.2 Å². The van der Waals surface area contributed by atoms with Crippen molar-refractivity contribution in [3.63, 3.8) is 0 Å². The van der Waals surface area contributed by atoms with Crippen LogP contribution in [0.3, 0.4) is 0 Å². The molecular weight excluding hydrogens is 234 g/mol. The van der Waals surface area contributed by atoms with Gasteiger partial charge in [0.05, 0.1) is 0 Å². The summed E-state index contributed by atoms with van der Waals surface area (Å²) in [5, 5.41) is 0. The van der Waals surface area contributed by atoms with Crippen LogP contribution in [0, 0.1) is 0 Å². The lowest BCUT2D eigenvalue weighted by Gasteiger charge is -1.91. The molecule has 9 heavy (non-hydrogen) atoms. The van der Waals surface area contributed by atoms with E-state index in [0.29, 0.717) is 0 Å². The van der Waals surface area contributed by atoms with Gasteiger partial charge in [0.1, 0.15) is 0 Å². The summed E-state index contributed by atoms with van der Waals surface area (Å²) in [6.45, 7) is 0. The van der Waals surface area contributed by atoms with Gasteiger partial charge < -0.3 is 0 Å². The van der Waals surface area contributed by atoms with Gasteiger partial charge in [-0.15, -0.1) is 22.2 Å². The number of hydrogen-bond donors (Lipinski definition) is 0. The first kappa shape index (κ1) is 10.5. The predicted molar refractivity (Wildman–Crippen MR) is 51.8 cm³/mol. The molecule has 0 aliphatic rings. The fourth-order valence-corrected chi connectivity index (χ4v) is 2.87. The van der Waals surface area contributed by atoms with Crippen molar-refractivity contribution in [2.75, 3.05) is 0 Å². The number of hydrogen-bond acceptors (Lipinski definition) is 0. The highest BCUT2D eigenvalue weighted by Crippen LogP contribution is 2.04. The molecule has 0 aliphatic heterocycles. The van der Waals surface area contributed by atoms with E-state index in [4.69, 9.17) is 44.3 Å². The van der Waals surface area contributed by atoms with E-state index in [1.807, 2.05) is 5.67 Å². The summed E-state index contributed by atoms with van der Waals surface area (Å²) in [6.07, 6.45) is 0.866. The van der Waals surface area contributed by atoms with Crippen LogP contribution in [0.1, 0.15) is 6.42 Å². The molecule has 0 atom stereocenters. The lowest BCUT2D eigenvalue weighted by molar-refractivity contribution is 1.33. The molecule has 6 heteroatoms. The van der Waals surface area contributed by atoms with Gasteiger partial charge in [-0.3, -0.25) is 0 Å². The molecule has 0 nitrogen and oxygen atoms in total. The molecule has 0 heterocycles. The van der Waals surface area contributed by atoms with Crippen molar-refractivity contribution >= 4 is 64.4 Å². The highest BCUT2D eigenvalue weighted by molar-refractivity contribution is 7.35. The molecule has 0 amide bonds. The molecule has 54 valence electrons. The van der Waals surface area contributed by atoms with Crippen LogP contribution in [0.25, 0.3) is 0 Å². The summed E-state index contributed by atoms with van der Waals surface area (Å²) in [5.74, 6) is 0. The zero-order valence-electron chi connectivity index (χ0n) is 4.58. The second-order valence-corrected chi connectivity index (χ2v) is 10.7. The molecule has 0 aromatic heterocycles. The smallest absolute Gasteiger partial charge is 0.150 e. The van der Waals surface area contributed by atoms with E-state index < -0.39 is 14.4 Å². The Morgan fingerprint density at radius 1 is 1.33 bits per heavy atom. The van der Waals surface area contributed by atoms with E-state index in [0.717, 1.165) is 12.5 Å². The van der Waals surface area contributed by atoms with Gasteiger partial charge in [0.2, 0.25) is 14.4 Å². The maximum absolute atomic E-state index is 5.57.